The molecule has 1 saturated heterocycles. The Hall–Kier alpha value is -2.63. The molecule has 0 amide bonds. The van der Waals surface area contributed by atoms with Gasteiger partial charge in [-0.25, -0.2) is 0 Å². The molecular weight excluding hydrogens is 472 g/mol. The van der Waals surface area contributed by atoms with Crippen LogP contribution in [-0.4, -0.2) is 52.8 Å². The Kier molecular flexibility index (Phi) is 8.07. The number of ether oxygens (including phenoxy) is 1. The molecule has 34 heavy (non-hydrogen) atoms. The van der Waals surface area contributed by atoms with Crippen LogP contribution in [0.1, 0.15) is 35.8 Å². The van der Waals surface area contributed by atoms with Gasteiger partial charge in [0.15, 0.2) is 0 Å². The molecule has 3 heterocycles. The van der Waals surface area contributed by atoms with Gasteiger partial charge in [0, 0.05) is 23.7 Å². The van der Waals surface area contributed by atoms with E-state index in [0.29, 0.717) is 42.3 Å². The molecule has 2 N–H and O–H groups in total. The number of halogens is 1. The number of benzene rings is 1. The van der Waals surface area contributed by atoms with E-state index in [-0.39, 0.29) is 5.92 Å². The summed E-state index contributed by atoms with van der Waals surface area (Å²) in [6.45, 7) is 1.81. The van der Waals surface area contributed by atoms with Gasteiger partial charge in [-0.3, -0.25) is 14.7 Å². The quantitative estimate of drug-likeness (QED) is 0.453. The minimum Gasteiger partial charge on any atom is -0.497 e. The van der Waals surface area contributed by atoms with Crippen molar-refractivity contribution in [1.82, 2.24) is 9.88 Å². The van der Waals surface area contributed by atoms with Gasteiger partial charge in [0.25, 0.3) is 0 Å². The second-order valence-corrected chi connectivity index (χ2v) is 9.86. The lowest BCUT2D eigenvalue weighted by Gasteiger charge is -2.36. The molecule has 1 aromatic carbocycles. The molecule has 1 aliphatic heterocycles. The predicted octanol–water partition coefficient (Wildman–Crippen LogP) is 4.85. The number of likely N-dealkylation sites (tertiary alicyclic amines) is 1. The predicted molar refractivity (Wildman–Crippen MR) is 134 cm³/mol. The maximum atomic E-state index is 12.0. The van der Waals surface area contributed by atoms with Crippen LogP contribution >= 0.6 is 22.9 Å². The van der Waals surface area contributed by atoms with Gasteiger partial charge in [0.2, 0.25) is 0 Å². The van der Waals surface area contributed by atoms with E-state index in [9.17, 15) is 15.0 Å². The Balaban J connectivity index is 1.42. The van der Waals surface area contributed by atoms with Crippen LogP contribution in [0.25, 0.3) is 10.9 Å². The number of piperidine rings is 1. The molecule has 1 fully saturated rings. The van der Waals surface area contributed by atoms with E-state index in [1.807, 2.05) is 35.7 Å². The first-order chi connectivity index (χ1) is 16.5. The van der Waals surface area contributed by atoms with E-state index in [2.05, 4.69) is 21.7 Å². The van der Waals surface area contributed by atoms with Crippen molar-refractivity contribution in [3.63, 3.8) is 0 Å². The summed E-state index contributed by atoms with van der Waals surface area (Å²) in [5, 5.41) is 24.0. The van der Waals surface area contributed by atoms with Crippen molar-refractivity contribution in [1.29, 1.82) is 0 Å². The molecule has 1 aliphatic rings. The van der Waals surface area contributed by atoms with E-state index < -0.39 is 18.0 Å². The summed E-state index contributed by atoms with van der Waals surface area (Å²) >= 11 is 8.02. The van der Waals surface area contributed by atoms with Crippen molar-refractivity contribution < 1.29 is 19.7 Å². The Morgan fingerprint density at radius 2 is 2.26 bits per heavy atom. The fraction of sp³-hybridized carbons (Fsp3) is 0.385. The van der Waals surface area contributed by atoms with Crippen molar-refractivity contribution in [2.24, 2.45) is 11.8 Å². The molecule has 0 bridgehead atoms. The van der Waals surface area contributed by atoms with Gasteiger partial charge in [0.05, 0.1) is 41.1 Å². The summed E-state index contributed by atoms with van der Waals surface area (Å²) < 4.78 is 5.32. The third-order valence-electron chi connectivity index (χ3n) is 6.40. The van der Waals surface area contributed by atoms with Crippen LogP contribution in [0.3, 0.4) is 0 Å². The molecule has 3 aromatic rings. The zero-order chi connectivity index (χ0) is 24.1. The minimum atomic E-state index is -0.825. The SMILES string of the molecule is COc1ccc2ncc(Cl)c([C@@H](O)CC[C@H]3CCN(CC#Cc4cccs4)C[C@H]3C(=O)O)c2c1. The molecule has 178 valence electrons. The first kappa shape index (κ1) is 24.5. The largest absolute Gasteiger partial charge is 0.497 e. The monoisotopic (exact) mass is 498 g/mol. The third-order valence-corrected chi connectivity index (χ3v) is 7.49. The number of hydrogen-bond donors (Lipinski definition) is 2. The zero-order valence-electron chi connectivity index (χ0n) is 18.9. The number of thiophene rings is 1. The maximum Gasteiger partial charge on any atom is 0.308 e. The average molecular weight is 499 g/mol. The number of carbonyl (C=O) groups is 1. The zero-order valence-corrected chi connectivity index (χ0v) is 20.5. The Bertz CT molecular complexity index is 1200. The number of carboxylic acids is 1. The molecular formula is C26H27ClN2O4S. The van der Waals surface area contributed by atoms with Crippen LogP contribution in [0.15, 0.2) is 41.9 Å². The van der Waals surface area contributed by atoms with Crippen LogP contribution < -0.4 is 4.74 Å². The van der Waals surface area contributed by atoms with E-state index in [0.717, 1.165) is 28.7 Å². The normalized spacial score (nSPS) is 19.4. The highest BCUT2D eigenvalue weighted by atomic mass is 35.5. The molecule has 0 saturated carbocycles. The molecule has 4 rings (SSSR count). The van der Waals surface area contributed by atoms with Crippen LogP contribution in [-0.2, 0) is 4.79 Å². The summed E-state index contributed by atoms with van der Waals surface area (Å²) in [5.74, 6) is 5.64. The number of pyridine rings is 1. The van der Waals surface area contributed by atoms with E-state index in [1.54, 1.807) is 24.6 Å². The number of aliphatic hydroxyl groups is 1. The first-order valence-corrected chi connectivity index (χ1v) is 12.5. The fourth-order valence-corrected chi connectivity index (χ4v) is 5.44. The second-order valence-electron chi connectivity index (χ2n) is 8.50. The summed E-state index contributed by atoms with van der Waals surface area (Å²) in [6, 6.07) is 9.41. The highest BCUT2D eigenvalue weighted by molar-refractivity contribution is 7.10. The van der Waals surface area contributed by atoms with Crippen LogP contribution in [0, 0.1) is 23.7 Å². The van der Waals surface area contributed by atoms with E-state index in [4.69, 9.17) is 16.3 Å². The minimum absolute atomic E-state index is 0.0185. The number of aliphatic hydroxyl groups excluding tert-OH is 1. The van der Waals surface area contributed by atoms with Gasteiger partial charge < -0.3 is 14.9 Å². The summed E-state index contributed by atoms with van der Waals surface area (Å²) in [4.78, 5) is 19.5. The average Bonchev–Trinajstić information content (AvgIpc) is 3.36. The van der Waals surface area contributed by atoms with Crippen LogP contribution in [0.2, 0.25) is 5.02 Å². The van der Waals surface area contributed by atoms with Gasteiger partial charge >= 0.3 is 5.97 Å². The van der Waals surface area contributed by atoms with Gasteiger partial charge in [-0.2, -0.15) is 0 Å². The Labute approximate surface area is 208 Å². The summed E-state index contributed by atoms with van der Waals surface area (Å²) in [7, 11) is 1.58. The number of fused-ring (bicyclic) bond motifs is 1. The highest BCUT2D eigenvalue weighted by Gasteiger charge is 2.34. The van der Waals surface area contributed by atoms with E-state index >= 15 is 0 Å². The molecule has 6 nitrogen and oxygen atoms in total. The van der Waals surface area contributed by atoms with Gasteiger partial charge in [-0.15, -0.1) is 11.3 Å². The fourth-order valence-electron chi connectivity index (χ4n) is 4.57. The van der Waals surface area contributed by atoms with E-state index in [1.165, 1.54) is 0 Å². The maximum absolute atomic E-state index is 12.0. The van der Waals surface area contributed by atoms with Crippen molar-refractivity contribution >= 4 is 39.8 Å². The van der Waals surface area contributed by atoms with Crippen LogP contribution in [0.5, 0.6) is 5.75 Å². The van der Waals surface area contributed by atoms with Gasteiger partial charge in [-0.1, -0.05) is 29.5 Å². The standard InChI is InChI=1S/C26H27ClN2O4S/c1-33-18-7-8-23-20(14-18)25(22(27)15-28-23)24(30)9-6-17-10-12-29(16-21(17)26(31)32)11-2-4-19-5-3-13-34-19/h3,5,7-8,13-15,17,21,24,30H,6,9-12,16H2,1H3,(H,31,32)/t17-,21+,24-/m0/s1. The number of aromatic nitrogens is 1. The number of carboxylic acid groups (broad SMARTS) is 1. The Morgan fingerprint density at radius 1 is 1.41 bits per heavy atom. The van der Waals surface area contributed by atoms with Gasteiger partial charge in [-0.05, 0) is 61.4 Å². The number of nitrogens with zero attached hydrogens (tertiary/aromatic N) is 2. The number of methoxy groups -OCH3 is 1. The molecule has 0 aliphatic carbocycles. The number of rotatable bonds is 7. The van der Waals surface area contributed by atoms with Gasteiger partial charge in [0.1, 0.15) is 5.75 Å². The lowest BCUT2D eigenvalue weighted by molar-refractivity contribution is -0.146. The van der Waals surface area contributed by atoms with Crippen molar-refractivity contribution in [3.8, 4) is 17.6 Å². The van der Waals surface area contributed by atoms with Crippen molar-refractivity contribution in [2.45, 2.75) is 25.4 Å². The number of aliphatic carboxylic acids is 1. The molecule has 8 heteroatoms. The first-order valence-electron chi connectivity index (χ1n) is 11.2. The Morgan fingerprint density at radius 3 is 3.00 bits per heavy atom. The summed E-state index contributed by atoms with van der Waals surface area (Å²) in [6.07, 6.45) is 2.49. The lowest BCUT2D eigenvalue weighted by Crippen LogP contribution is -2.44. The topological polar surface area (TPSA) is 82.9 Å². The lowest BCUT2D eigenvalue weighted by atomic mass is 9.81. The van der Waals surface area contributed by atoms with Crippen LogP contribution in [0.4, 0.5) is 0 Å². The molecule has 0 radical (unpaired) electrons. The summed E-state index contributed by atoms with van der Waals surface area (Å²) in [5.41, 5.74) is 1.33. The molecule has 0 unspecified atom stereocenters. The molecule has 2 aromatic heterocycles. The molecule has 0 spiro atoms. The van der Waals surface area contributed by atoms with Crippen molar-refractivity contribution in [3.05, 3.63) is 57.4 Å². The van der Waals surface area contributed by atoms with Crippen molar-refractivity contribution in [2.75, 3.05) is 26.7 Å². The third kappa shape index (κ3) is 5.70. The smallest absolute Gasteiger partial charge is 0.308 e. The highest BCUT2D eigenvalue weighted by Crippen LogP contribution is 2.36. The second kappa shape index (κ2) is 11.2. The molecule has 3 atom stereocenters. The number of hydrogen-bond acceptors (Lipinski definition) is 6.